The molecule has 6 nitrogen and oxygen atoms in total. The summed E-state index contributed by atoms with van der Waals surface area (Å²) in [6, 6.07) is 7.31. The maximum absolute atomic E-state index is 13.0. The minimum Gasteiger partial charge on any atom is -0.491 e. The normalized spacial score (nSPS) is 14.0. The van der Waals surface area contributed by atoms with Gasteiger partial charge in [-0.05, 0) is 66.8 Å². The number of benzene rings is 1. The highest BCUT2D eigenvalue weighted by Gasteiger charge is 2.35. The molecule has 0 bridgehead atoms. The Labute approximate surface area is 220 Å². The second-order valence-electron chi connectivity index (χ2n) is 11.1. The Morgan fingerprint density at radius 1 is 1.06 bits per heavy atom. The van der Waals surface area contributed by atoms with Gasteiger partial charge >= 0.3 is 5.97 Å². The number of aliphatic hydroxyl groups is 1. The third-order valence-corrected chi connectivity index (χ3v) is 8.59. The van der Waals surface area contributed by atoms with Crippen molar-refractivity contribution >= 4 is 23.2 Å². The lowest BCUT2D eigenvalue weighted by atomic mass is 9.74. The van der Waals surface area contributed by atoms with E-state index in [4.69, 9.17) is 4.74 Å². The van der Waals surface area contributed by atoms with Crippen LogP contribution in [0.4, 0.5) is 0 Å². The summed E-state index contributed by atoms with van der Waals surface area (Å²) < 4.78 is 5.95. The van der Waals surface area contributed by atoms with Crippen molar-refractivity contribution in [3.63, 3.8) is 0 Å². The van der Waals surface area contributed by atoms with Crippen molar-refractivity contribution in [2.75, 3.05) is 6.61 Å². The molecule has 1 aromatic heterocycles. The number of aryl methyl sites for hydroxylation is 2. The van der Waals surface area contributed by atoms with Gasteiger partial charge in [-0.3, -0.25) is 4.79 Å². The van der Waals surface area contributed by atoms with Gasteiger partial charge in [-0.2, -0.15) is 0 Å². The maximum atomic E-state index is 13.0. The number of aliphatic carboxylic acids is 1. The van der Waals surface area contributed by atoms with Gasteiger partial charge in [0, 0.05) is 10.3 Å². The molecule has 1 aromatic carbocycles. The van der Waals surface area contributed by atoms with Crippen LogP contribution in [-0.4, -0.2) is 40.8 Å². The van der Waals surface area contributed by atoms with E-state index in [-0.39, 0.29) is 29.3 Å². The number of hydrogen-bond donors (Lipinski definition) is 3. The Morgan fingerprint density at radius 2 is 1.67 bits per heavy atom. The summed E-state index contributed by atoms with van der Waals surface area (Å²) in [6.45, 7) is 17.9. The average Bonchev–Trinajstić information content (AvgIpc) is 3.18. The number of thiophene rings is 1. The molecule has 0 fully saturated rings. The van der Waals surface area contributed by atoms with E-state index in [1.807, 2.05) is 40.7 Å². The standard InChI is InChI=1S/C29H43NO5S/c1-10-29(11-2,20-12-13-21(18(5)14-20)35-16-22(31)28(7,8)9)23-15-19(6)25(36-23)26(32)30-24(17(3)4)27(33)34/h12-15,17,22,24,31H,10-11,16H2,1-9H3,(H,30,32)(H,33,34)/t22?,24-/m1/s1. The molecule has 2 rings (SSSR count). The zero-order valence-electron chi connectivity index (χ0n) is 23.2. The van der Waals surface area contributed by atoms with Crippen LogP contribution in [0.1, 0.15) is 92.5 Å². The van der Waals surface area contributed by atoms with E-state index in [1.165, 1.54) is 11.3 Å². The van der Waals surface area contributed by atoms with Crippen molar-refractivity contribution in [3.05, 3.63) is 50.7 Å². The molecule has 0 saturated carbocycles. The fraction of sp³-hybridized carbons (Fsp3) is 0.586. The monoisotopic (exact) mass is 517 g/mol. The number of rotatable bonds is 11. The molecule has 1 heterocycles. The Morgan fingerprint density at radius 3 is 2.14 bits per heavy atom. The van der Waals surface area contributed by atoms with E-state index in [1.54, 1.807) is 13.8 Å². The van der Waals surface area contributed by atoms with Crippen molar-refractivity contribution < 1.29 is 24.5 Å². The number of hydrogen-bond acceptors (Lipinski definition) is 5. The summed E-state index contributed by atoms with van der Waals surface area (Å²) in [5, 5.41) is 22.5. The van der Waals surface area contributed by atoms with Crippen LogP contribution in [0.5, 0.6) is 5.75 Å². The Balaban J connectivity index is 2.38. The molecule has 0 aliphatic carbocycles. The Kier molecular flexibility index (Phi) is 9.77. The second-order valence-corrected chi connectivity index (χ2v) is 12.2. The van der Waals surface area contributed by atoms with Gasteiger partial charge in [-0.25, -0.2) is 4.79 Å². The number of carbonyl (C=O) groups excluding carboxylic acids is 1. The third-order valence-electron chi connectivity index (χ3n) is 7.15. The molecular weight excluding hydrogens is 474 g/mol. The smallest absolute Gasteiger partial charge is 0.326 e. The van der Waals surface area contributed by atoms with Crippen molar-refractivity contribution in [3.8, 4) is 5.75 Å². The van der Waals surface area contributed by atoms with Gasteiger partial charge in [-0.1, -0.05) is 60.6 Å². The molecule has 0 aliphatic heterocycles. The number of ether oxygens (including phenoxy) is 1. The van der Waals surface area contributed by atoms with Gasteiger partial charge < -0.3 is 20.3 Å². The SMILES string of the molecule is CCC(CC)(c1ccc(OCC(O)C(C)(C)C)c(C)c1)c1cc(C)c(C(=O)N[C@@H](C(=O)O)C(C)C)s1. The first-order valence-electron chi connectivity index (χ1n) is 12.7. The first-order chi connectivity index (χ1) is 16.7. The summed E-state index contributed by atoms with van der Waals surface area (Å²) in [4.78, 5) is 26.3. The molecule has 36 heavy (non-hydrogen) atoms. The van der Waals surface area contributed by atoms with Gasteiger partial charge in [0.05, 0.1) is 11.0 Å². The van der Waals surface area contributed by atoms with Gasteiger partial charge in [0.1, 0.15) is 18.4 Å². The molecule has 1 unspecified atom stereocenters. The first-order valence-corrected chi connectivity index (χ1v) is 13.6. The highest BCUT2D eigenvalue weighted by molar-refractivity contribution is 7.14. The quantitative estimate of drug-likeness (QED) is 0.335. The van der Waals surface area contributed by atoms with E-state index >= 15 is 0 Å². The number of amides is 1. The number of carboxylic acids is 1. The van der Waals surface area contributed by atoms with Gasteiger partial charge in [0.2, 0.25) is 0 Å². The number of aliphatic hydroxyl groups excluding tert-OH is 1. The number of carbonyl (C=O) groups is 2. The summed E-state index contributed by atoms with van der Waals surface area (Å²) in [7, 11) is 0. The average molecular weight is 518 g/mol. The Bertz CT molecular complexity index is 1060. The van der Waals surface area contributed by atoms with Crippen LogP contribution in [0, 0.1) is 25.2 Å². The lowest BCUT2D eigenvalue weighted by Gasteiger charge is -2.32. The fourth-order valence-electron chi connectivity index (χ4n) is 4.34. The Hall–Kier alpha value is -2.38. The van der Waals surface area contributed by atoms with Crippen LogP contribution in [0.2, 0.25) is 0 Å². The van der Waals surface area contributed by atoms with Crippen molar-refractivity contribution in [1.29, 1.82) is 0 Å². The minimum atomic E-state index is -1.03. The first kappa shape index (κ1) is 29.8. The minimum absolute atomic E-state index is 0.218. The van der Waals surface area contributed by atoms with Crippen LogP contribution in [0.15, 0.2) is 24.3 Å². The van der Waals surface area contributed by atoms with Crippen molar-refractivity contribution in [2.24, 2.45) is 11.3 Å². The molecule has 3 N–H and O–H groups in total. The molecule has 1 amide bonds. The third kappa shape index (κ3) is 6.48. The van der Waals surface area contributed by atoms with Crippen LogP contribution < -0.4 is 10.1 Å². The van der Waals surface area contributed by atoms with Gasteiger partial charge in [0.25, 0.3) is 5.91 Å². The second kappa shape index (κ2) is 11.8. The summed E-state index contributed by atoms with van der Waals surface area (Å²) in [6.07, 6.45) is 1.12. The van der Waals surface area contributed by atoms with Crippen molar-refractivity contribution in [1.82, 2.24) is 5.32 Å². The van der Waals surface area contributed by atoms with E-state index in [0.717, 1.165) is 40.2 Å². The molecular formula is C29H43NO5S. The number of nitrogens with one attached hydrogen (secondary N) is 1. The zero-order chi connectivity index (χ0) is 27.4. The molecule has 0 aliphatic rings. The van der Waals surface area contributed by atoms with Gasteiger partial charge in [0.15, 0.2) is 0 Å². The van der Waals surface area contributed by atoms with E-state index in [0.29, 0.717) is 4.88 Å². The summed E-state index contributed by atoms with van der Waals surface area (Å²) in [5.74, 6) is -0.843. The van der Waals surface area contributed by atoms with Crippen molar-refractivity contribution in [2.45, 2.75) is 92.7 Å². The van der Waals surface area contributed by atoms with Gasteiger partial charge in [-0.15, -0.1) is 11.3 Å². The topological polar surface area (TPSA) is 95.9 Å². The maximum Gasteiger partial charge on any atom is 0.326 e. The molecule has 2 atom stereocenters. The molecule has 2 aromatic rings. The van der Waals surface area contributed by atoms with E-state index in [9.17, 15) is 19.8 Å². The number of carboxylic acid groups (broad SMARTS) is 1. The van der Waals surface area contributed by atoms with E-state index in [2.05, 4.69) is 37.4 Å². The van der Waals surface area contributed by atoms with Crippen LogP contribution >= 0.6 is 11.3 Å². The molecule has 200 valence electrons. The van der Waals surface area contributed by atoms with Crippen LogP contribution in [0.3, 0.4) is 0 Å². The van der Waals surface area contributed by atoms with Crippen LogP contribution in [-0.2, 0) is 10.2 Å². The summed E-state index contributed by atoms with van der Waals surface area (Å²) in [5.41, 5.74) is 2.44. The summed E-state index contributed by atoms with van der Waals surface area (Å²) >= 11 is 1.44. The largest absolute Gasteiger partial charge is 0.491 e. The lowest BCUT2D eigenvalue weighted by molar-refractivity contribution is -0.140. The highest BCUT2D eigenvalue weighted by atomic mass is 32.1. The molecule has 0 spiro atoms. The molecule has 7 heteroatoms. The highest BCUT2D eigenvalue weighted by Crippen LogP contribution is 2.44. The molecule has 0 saturated heterocycles. The predicted octanol–water partition coefficient (Wildman–Crippen LogP) is 6.10. The lowest BCUT2D eigenvalue weighted by Crippen LogP contribution is -2.44. The fourth-order valence-corrected chi connectivity index (χ4v) is 5.77. The predicted molar refractivity (Wildman–Crippen MR) is 146 cm³/mol. The molecule has 0 radical (unpaired) electrons. The van der Waals surface area contributed by atoms with Crippen LogP contribution in [0.25, 0.3) is 0 Å². The zero-order valence-corrected chi connectivity index (χ0v) is 24.0. The van der Waals surface area contributed by atoms with E-state index < -0.39 is 18.1 Å².